The van der Waals surface area contributed by atoms with E-state index in [-0.39, 0.29) is 17.7 Å². The largest absolute Gasteiger partial charge is 0.493 e. The van der Waals surface area contributed by atoms with Crippen LogP contribution in [0, 0.1) is 5.92 Å². The van der Waals surface area contributed by atoms with Crippen LogP contribution in [0.2, 0.25) is 5.02 Å². The summed E-state index contributed by atoms with van der Waals surface area (Å²) < 4.78 is 5.58. The van der Waals surface area contributed by atoms with Gasteiger partial charge in [-0.3, -0.25) is 9.59 Å². The van der Waals surface area contributed by atoms with Crippen molar-refractivity contribution in [3.8, 4) is 5.75 Å². The van der Waals surface area contributed by atoms with Crippen molar-refractivity contribution in [1.82, 2.24) is 4.90 Å². The average molecular weight is 387 g/mol. The maximum atomic E-state index is 12.4. The second-order valence-corrected chi connectivity index (χ2v) is 7.00. The second kappa shape index (κ2) is 9.42. The minimum atomic E-state index is -0.0560. The summed E-state index contributed by atoms with van der Waals surface area (Å²) in [6.45, 7) is 1.54. The fourth-order valence-corrected chi connectivity index (χ4v) is 3.23. The first-order chi connectivity index (χ1) is 13.1. The van der Waals surface area contributed by atoms with Crippen LogP contribution < -0.4 is 10.1 Å². The van der Waals surface area contributed by atoms with Crippen LogP contribution in [0.1, 0.15) is 19.3 Å². The summed E-state index contributed by atoms with van der Waals surface area (Å²) >= 11 is 5.83. The van der Waals surface area contributed by atoms with Crippen LogP contribution in [0.25, 0.3) is 0 Å². The van der Waals surface area contributed by atoms with Crippen LogP contribution >= 0.6 is 11.6 Å². The number of para-hydroxylation sites is 1. The number of nitrogens with one attached hydrogen (secondary N) is 1. The topological polar surface area (TPSA) is 58.6 Å². The molecule has 0 aromatic heterocycles. The number of carbonyl (C=O) groups is 2. The Morgan fingerprint density at radius 1 is 1.04 bits per heavy atom. The second-order valence-electron chi connectivity index (χ2n) is 6.56. The van der Waals surface area contributed by atoms with Crippen LogP contribution in [0.5, 0.6) is 5.75 Å². The van der Waals surface area contributed by atoms with E-state index >= 15 is 0 Å². The highest BCUT2D eigenvalue weighted by Gasteiger charge is 2.27. The predicted octanol–water partition coefficient (Wildman–Crippen LogP) is 3.99. The molecule has 6 heteroatoms. The molecule has 0 saturated carbocycles. The molecular weight excluding hydrogens is 364 g/mol. The number of anilines is 1. The number of benzene rings is 2. The van der Waals surface area contributed by atoms with Gasteiger partial charge in [0.2, 0.25) is 11.8 Å². The number of rotatable bonds is 6. The molecule has 1 N–H and O–H groups in total. The number of nitrogens with zero attached hydrogens (tertiary/aromatic N) is 1. The van der Waals surface area contributed by atoms with E-state index in [1.807, 2.05) is 35.2 Å². The highest BCUT2D eigenvalue weighted by atomic mass is 35.5. The third kappa shape index (κ3) is 5.73. The van der Waals surface area contributed by atoms with Gasteiger partial charge in [0.25, 0.3) is 0 Å². The lowest BCUT2D eigenvalue weighted by atomic mass is 9.95. The number of hydrogen-bond donors (Lipinski definition) is 1. The van der Waals surface area contributed by atoms with Crippen molar-refractivity contribution < 1.29 is 14.3 Å². The monoisotopic (exact) mass is 386 g/mol. The Hall–Kier alpha value is -2.53. The number of piperidine rings is 1. The molecule has 1 aliphatic rings. The molecule has 5 nitrogen and oxygen atoms in total. The molecule has 0 bridgehead atoms. The summed E-state index contributed by atoms with van der Waals surface area (Å²) in [5, 5.41) is 3.59. The van der Waals surface area contributed by atoms with Gasteiger partial charge < -0.3 is 15.0 Å². The van der Waals surface area contributed by atoms with Gasteiger partial charge in [-0.1, -0.05) is 29.8 Å². The van der Waals surface area contributed by atoms with Gasteiger partial charge in [-0.05, 0) is 49.2 Å². The number of ether oxygens (including phenoxy) is 1. The molecule has 2 amide bonds. The van der Waals surface area contributed by atoms with Crippen LogP contribution in [0.15, 0.2) is 54.6 Å². The summed E-state index contributed by atoms with van der Waals surface area (Å²) in [5.74, 6) is 0.730. The summed E-state index contributed by atoms with van der Waals surface area (Å²) in [6, 6.07) is 16.5. The minimum absolute atomic E-state index is 0.0272. The molecule has 27 heavy (non-hydrogen) atoms. The minimum Gasteiger partial charge on any atom is -0.493 e. The van der Waals surface area contributed by atoms with Crippen molar-refractivity contribution in [2.75, 3.05) is 25.0 Å². The van der Waals surface area contributed by atoms with Gasteiger partial charge in [-0.2, -0.15) is 0 Å². The highest BCUT2D eigenvalue weighted by Crippen LogP contribution is 2.20. The third-order valence-corrected chi connectivity index (χ3v) is 4.91. The molecule has 1 heterocycles. The molecule has 0 spiro atoms. The van der Waals surface area contributed by atoms with Crippen molar-refractivity contribution >= 4 is 29.1 Å². The number of amides is 2. The number of halogens is 1. The number of likely N-dealkylation sites (tertiary alicyclic amines) is 1. The average Bonchev–Trinajstić information content (AvgIpc) is 2.70. The van der Waals surface area contributed by atoms with E-state index in [1.54, 1.807) is 24.3 Å². The molecule has 142 valence electrons. The van der Waals surface area contributed by atoms with Gasteiger partial charge in [0, 0.05) is 29.7 Å². The molecule has 0 unspecified atom stereocenters. The fourth-order valence-electron chi connectivity index (χ4n) is 3.10. The Bertz CT molecular complexity index is 757. The van der Waals surface area contributed by atoms with Gasteiger partial charge >= 0.3 is 0 Å². The quantitative estimate of drug-likeness (QED) is 0.816. The Morgan fingerprint density at radius 3 is 2.37 bits per heavy atom. The Kier molecular flexibility index (Phi) is 6.71. The van der Waals surface area contributed by atoms with Crippen LogP contribution in [0.3, 0.4) is 0 Å². The molecule has 3 rings (SSSR count). The lowest BCUT2D eigenvalue weighted by Crippen LogP contribution is -2.41. The zero-order valence-corrected chi connectivity index (χ0v) is 15.8. The van der Waals surface area contributed by atoms with Gasteiger partial charge in [-0.15, -0.1) is 0 Å². The van der Waals surface area contributed by atoms with E-state index in [2.05, 4.69) is 5.32 Å². The maximum absolute atomic E-state index is 12.4. The zero-order chi connectivity index (χ0) is 19.1. The highest BCUT2D eigenvalue weighted by molar-refractivity contribution is 6.30. The SMILES string of the molecule is O=C(Nc1ccccc1)C1CCN(C(=O)CCOc2ccc(Cl)cc2)CC1. The molecule has 0 aliphatic carbocycles. The van der Waals surface area contributed by atoms with E-state index in [4.69, 9.17) is 16.3 Å². The summed E-state index contributed by atoms with van der Waals surface area (Å²) in [7, 11) is 0. The van der Waals surface area contributed by atoms with Gasteiger partial charge in [0.05, 0.1) is 13.0 Å². The lowest BCUT2D eigenvalue weighted by Gasteiger charge is -2.31. The summed E-state index contributed by atoms with van der Waals surface area (Å²) in [4.78, 5) is 26.5. The Labute approximate surface area is 164 Å². The summed E-state index contributed by atoms with van der Waals surface area (Å²) in [5.41, 5.74) is 0.806. The number of carbonyl (C=O) groups excluding carboxylic acids is 2. The molecule has 0 atom stereocenters. The normalized spacial score (nSPS) is 14.6. The fraction of sp³-hybridized carbons (Fsp3) is 0.333. The van der Waals surface area contributed by atoms with Crippen molar-refractivity contribution in [1.29, 1.82) is 0 Å². The van der Waals surface area contributed by atoms with Crippen LogP contribution in [-0.4, -0.2) is 36.4 Å². The standard InChI is InChI=1S/C21H23ClN2O3/c22-17-6-8-19(9-7-17)27-15-12-20(25)24-13-10-16(11-14-24)21(26)23-18-4-2-1-3-5-18/h1-9,16H,10-15H2,(H,23,26). The van der Waals surface area contributed by atoms with Crippen molar-refractivity contribution in [3.63, 3.8) is 0 Å². The Morgan fingerprint density at radius 2 is 1.70 bits per heavy atom. The van der Waals surface area contributed by atoms with E-state index in [1.165, 1.54) is 0 Å². The first kappa shape index (κ1) is 19.2. The molecule has 1 aliphatic heterocycles. The molecule has 1 saturated heterocycles. The summed E-state index contributed by atoms with van der Waals surface area (Å²) in [6.07, 6.45) is 1.69. The van der Waals surface area contributed by atoms with E-state index in [0.717, 1.165) is 5.69 Å². The molecule has 1 fully saturated rings. The van der Waals surface area contributed by atoms with Crippen molar-refractivity contribution in [3.05, 3.63) is 59.6 Å². The molecule has 0 radical (unpaired) electrons. The van der Waals surface area contributed by atoms with E-state index in [0.29, 0.717) is 49.7 Å². The van der Waals surface area contributed by atoms with Crippen LogP contribution in [-0.2, 0) is 9.59 Å². The first-order valence-corrected chi connectivity index (χ1v) is 9.51. The first-order valence-electron chi connectivity index (χ1n) is 9.14. The predicted molar refractivity (Wildman–Crippen MR) is 106 cm³/mol. The molecule has 2 aromatic rings. The maximum Gasteiger partial charge on any atom is 0.227 e. The zero-order valence-electron chi connectivity index (χ0n) is 15.1. The van der Waals surface area contributed by atoms with Crippen LogP contribution in [0.4, 0.5) is 5.69 Å². The van der Waals surface area contributed by atoms with Crippen molar-refractivity contribution in [2.45, 2.75) is 19.3 Å². The van der Waals surface area contributed by atoms with Gasteiger partial charge in [0.15, 0.2) is 0 Å². The third-order valence-electron chi connectivity index (χ3n) is 4.66. The smallest absolute Gasteiger partial charge is 0.227 e. The number of hydrogen-bond acceptors (Lipinski definition) is 3. The van der Waals surface area contributed by atoms with Gasteiger partial charge in [-0.25, -0.2) is 0 Å². The Balaban J connectivity index is 1.38. The van der Waals surface area contributed by atoms with Gasteiger partial charge in [0.1, 0.15) is 5.75 Å². The van der Waals surface area contributed by atoms with E-state index in [9.17, 15) is 9.59 Å². The molecular formula is C21H23ClN2O3. The van der Waals surface area contributed by atoms with Crippen molar-refractivity contribution in [2.24, 2.45) is 5.92 Å². The molecule has 2 aromatic carbocycles. The van der Waals surface area contributed by atoms with E-state index < -0.39 is 0 Å². The lowest BCUT2D eigenvalue weighted by molar-refractivity contribution is -0.135.